The maximum Gasteiger partial charge on any atom is 0.111 e. The van der Waals surface area contributed by atoms with E-state index in [4.69, 9.17) is 29.5 Å². The van der Waals surface area contributed by atoms with Gasteiger partial charge in [-0.3, -0.25) is 0 Å². The molecule has 0 aliphatic heterocycles. The van der Waals surface area contributed by atoms with Crippen molar-refractivity contribution in [1.29, 1.82) is 0 Å². The van der Waals surface area contributed by atoms with Gasteiger partial charge in [0.05, 0.1) is 18.1 Å². The lowest BCUT2D eigenvalue weighted by Crippen LogP contribution is -2.58. The molecule has 0 saturated carbocycles. The molecule has 6 N–H and O–H groups in total. The van der Waals surface area contributed by atoms with Gasteiger partial charge in [0.1, 0.15) is 24.4 Å². The molecular formula is C24H30O6S2. The second-order valence-corrected chi connectivity index (χ2v) is 9.08. The highest BCUT2D eigenvalue weighted by Crippen LogP contribution is 2.36. The molecule has 0 aliphatic rings. The summed E-state index contributed by atoms with van der Waals surface area (Å²) in [5.41, 5.74) is 1.61. The predicted molar refractivity (Wildman–Crippen MR) is 131 cm³/mol. The van der Waals surface area contributed by atoms with E-state index in [1.165, 1.54) is 0 Å². The Kier molecular flexibility index (Phi) is 9.15. The molecular weight excluding hydrogens is 448 g/mol. The average molecular weight is 479 g/mol. The molecule has 0 fully saturated rings. The van der Waals surface area contributed by atoms with Crippen LogP contribution in [0, 0.1) is 19.3 Å². The number of benzene rings is 2. The van der Waals surface area contributed by atoms with Crippen LogP contribution in [0.5, 0.6) is 0 Å². The molecule has 0 aromatic heterocycles. The SMILES string of the molecule is Cc1cccc(C(=S)C(C)(C(=S)c2cccc(C)c2)C(O)[C@@H](O)[C@@H](O)[C@H](O)[C@@H](O)CO)c1. The van der Waals surface area contributed by atoms with Crippen LogP contribution in [0.1, 0.15) is 29.2 Å². The third kappa shape index (κ3) is 5.47. The van der Waals surface area contributed by atoms with Gasteiger partial charge in [0, 0.05) is 9.73 Å². The third-order valence-corrected chi connectivity index (χ3v) is 7.02. The number of aryl methyl sites for hydroxylation is 2. The number of hydrogen-bond acceptors (Lipinski definition) is 8. The van der Waals surface area contributed by atoms with Crippen molar-refractivity contribution in [2.75, 3.05) is 6.61 Å². The minimum absolute atomic E-state index is 0.253. The Morgan fingerprint density at radius 3 is 1.59 bits per heavy atom. The zero-order valence-corrected chi connectivity index (χ0v) is 19.8. The van der Waals surface area contributed by atoms with Gasteiger partial charge < -0.3 is 30.6 Å². The van der Waals surface area contributed by atoms with Crippen molar-refractivity contribution in [1.82, 2.24) is 0 Å². The fourth-order valence-corrected chi connectivity index (χ4v) is 4.37. The highest BCUT2D eigenvalue weighted by Gasteiger charge is 2.48. The van der Waals surface area contributed by atoms with Crippen LogP contribution in [0.3, 0.4) is 0 Å². The van der Waals surface area contributed by atoms with Crippen molar-refractivity contribution in [2.45, 2.75) is 51.3 Å². The lowest BCUT2D eigenvalue weighted by molar-refractivity contribution is -0.147. The van der Waals surface area contributed by atoms with E-state index in [1.54, 1.807) is 19.1 Å². The van der Waals surface area contributed by atoms with Crippen LogP contribution in [0.4, 0.5) is 0 Å². The first-order chi connectivity index (χ1) is 14.9. The topological polar surface area (TPSA) is 121 Å². The van der Waals surface area contributed by atoms with Gasteiger partial charge in [0.2, 0.25) is 0 Å². The summed E-state index contributed by atoms with van der Waals surface area (Å²) in [6.45, 7) is 4.54. The van der Waals surface area contributed by atoms with Crippen LogP contribution in [-0.2, 0) is 0 Å². The van der Waals surface area contributed by atoms with E-state index in [9.17, 15) is 25.5 Å². The zero-order valence-electron chi connectivity index (χ0n) is 18.2. The van der Waals surface area contributed by atoms with Crippen LogP contribution in [0.15, 0.2) is 48.5 Å². The Morgan fingerprint density at radius 1 is 0.781 bits per heavy atom. The Labute approximate surface area is 198 Å². The van der Waals surface area contributed by atoms with Gasteiger partial charge in [-0.15, -0.1) is 0 Å². The van der Waals surface area contributed by atoms with E-state index in [0.717, 1.165) is 11.1 Å². The van der Waals surface area contributed by atoms with Gasteiger partial charge in [0.15, 0.2) is 0 Å². The first-order valence-corrected chi connectivity index (χ1v) is 11.0. The molecule has 2 aromatic rings. The van der Waals surface area contributed by atoms with Crippen LogP contribution in [-0.4, -0.2) is 77.5 Å². The van der Waals surface area contributed by atoms with Crippen molar-refractivity contribution in [2.24, 2.45) is 5.41 Å². The summed E-state index contributed by atoms with van der Waals surface area (Å²) >= 11 is 11.5. The Bertz CT molecular complexity index is 906. The van der Waals surface area contributed by atoms with Crippen molar-refractivity contribution in [3.8, 4) is 0 Å². The quantitative estimate of drug-likeness (QED) is 0.223. The van der Waals surface area contributed by atoms with E-state index in [0.29, 0.717) is 11.1 Å². The minimum Gasteiger partial charge on any atom is -0.394 e. The molecule has 0 amide bonds. The standard InChI is InChI=1S/C24H30O6S2/c1-13-6-4-8-15(10-13)22(31)24(3,23(32)16-9-5-7-14(2)11-16)21(30)20(29)19(28)18(27)17(26)12-25/h4-11,17-21,25-30H,12H2,1-3H3/t17-,18+,19-,20-,21?/m0/s1. The summed E-state index contributed by atoms with van der Waals surface area (Å²) in [6, 6.07) is 14.6. The molecule has 5 atom stereocenters. The summed E-state index contributed by atoms with van der Waals surface area (Å²) in [7, 11) is 0. The van der Waals surface area contributed by atoms with Crippen LogP contribution < -0.4 is 0 Å². The summed E-state index contributed by atoms with van der Waals surface area (Å²) < 4.78 is 0. The van der Waals surface area contributed by atoms with E-state index < -0.39 is 42.5 Å². The summed E-state index contributed by atoms with van der Waals surface area (Å²) in [6.07, 6.45) is -9.23. The molecule has 0 saturated heterocycles. The number of hydrogen-bond donors (Lipinski definition) is 6. The predicted octanol–water partition coefficient (Wildman–Crippen LogP) is 1.24. The summed E-state index contributed by atoms with van der Waals surface area (Å²) in [5, 5.41) is 61.2. The first kappa shape index (κ1) is 26.6. The van der Waals surface area contributed by atoms with Crippen molar-refractivity contribution in [3.05, 3.63) is 70.8 Å². The number of aliphatic hydroxyl groups excluding tert-OH is 6. The number of rotatable bonds is 10. The fourth-order valence-electron chi connectivity index (χ4n) is 3.61. The molecule has 0 spiro atoms. The monoisotopic (exact) mass is 478 g/mol. The fraction of sp³-hybridized carbons (Fsp3) is 0.417. The van der Waals surface area contributed by atoms with Crippen molar-refractivity contribution >= 4 is 34.2 Å². The van der Waals surface area contributed by atoms with E-state index in [-0.39, 0.29) is 9.73 Å². The molecule has 0 aliphatic carbocycles. The lowest BCUT2D eigenvalue weighted by atomic mass is 9.70. The molecule has 2 rings (SSSR count). The maximum atomic E-state index is 11.3. The van der Waals surface area contributed by atoms with Crippen molar-refractivity contribution in [3.63, 3.8) is 0 Å². The largest absolute Gasteiger partial charge is 0.394 e. The zero-order chi connectivity index (χ0) is 24.2. The molecule has 0 heterocycles. The molecule has 32 heavy (non-hydrogen) atoms. The molecule has 6 nitrogen and oxygen atoms in total. The van der Waals surface area contributed by atoms with Gasteiger partial charge in [-0.05, 0) is 31.9 Å². The van der Waals surface area contributed by atoms with Gasteiger partial charge in [-0.2, -0.15) is 0 Å². The van der Waals surface area contributed by atoms with Gasteiger partial charge in [-0.1, -0.05) is 84.1 Å². The van der Waals surface area contributed by atoms with E-state index in [1.807, 2.05) is 50.2 Å². The lowest BCUT2D eigenvalue weighted by Gasteiger charge is -2.40. The maximum absolute atomic E-state index is 11.3. The van der Waals surface area contributed by atoms with Gasteiger partial charge >= 0.3 is 0 Å². The Balaban J connectivity index is 2.56. The molecule has 0 bridgehead atoms. The van der Waals surface area contributed by atoms with Crippen LogP contribution in [0.25, 0.3) is 0 Å². The summed E-state index contributed by atoms with van der Waals surface area (Å²) in [5.74, 6) is 0. The Hall–Kier alpha value is -1.62. The van der Waals surface area contributed by atoms with Gasteiger partial charge in [0.25, 0.3) is 0 Å². The van der Waals surface area contributed by atoms with E-state index >= 15 is 0 Å². The first-order valence-electron chi connectivity index (χ1n) is 10.2. The second-order valence-electron chi connectivity index (χ2n) is 8.27. The molecule has 0 radical (unpaired) electrons. The minimum atomic E-state index is -1.97. The van der Waals surface area contributed by atoms with Gasteiger partial charge in [-0.25, -0.2) is 0 Å². The molecule has 174 valence electrons. The van der Waals surface area contributed by atoms with Crippen LogP contribution in [0.2, 0.25) is 0 Å². The highest BCUT2D eigenvalue weighted by molar-refractivity contribution is 7.82. The van der Waals surface area contributed by atoms with Crippen molar-refractivity contribution < 1.29 is 30.6 Å². The third-order valence-electron chi connectivity index (χ3n) is 5.70. The van der Waals surface area contributed by atoms with E-state index in [2.05, 4.69) is 0 Å². The highest BCUT2D eigenvalue weighted by atomic mass is 32.1. The molecule has 1 unspecified atom stereocenters. The summed E-state index contributed by atoms with van der Waals surface area (Å²) in [4.78, 5) is 0.507. The number of aliphatic hydroxyl groups is 6. The Morgan fingerprint density at radius 2 is 1.22 bits per heavy atom. The average Bonchev–Trinajstić information content (AvgIpc) is 2.79. The number of thiocarbonyl (C=S) groups is 2. The smallest absolute Gasteiger partial charge is 0.111 e. The second kappa shape index (κ2) is 11.0. The molecule has 8 heteroatoms. The molecule has 2 aromatic carbocycles. The normalized spacial score (nSPS) is 16.7. The van der Waals surface area contributed by atoms with Crippen LogP contribution >= 0.6 is 24.4 Å².